The smallest absolute Gasteiger partial charge is 0.147 e. The molecule has 0 spiro atoms. The highest BCUT2D eigenvalue weighted by atomic mass is 19.1. The lowest BCUT2D eigenvalue weighted by Crippen LogP contribution is -2.33. The monoisotopic (exact) mass is 246 g/mol. The fourth-order valence-electron chi connectivity index (χ4n) is 2.36. The highest BCUT2D eigenvalue weighted by Crippen LogP contribution is 2.16. The first-order chi connectivity index (χ1) is 8.74. The highest BCUT2D eigenvalue weighted by molar-refractivity contribution is 5.17. The third kappa shape index (κ3) is 2.01. The number of fused-ring (bicyclic) bond motifs is 1. The maximum absolute atomic E-state index is 13.6. The van der Waals surface area contributed by atoms with Gasteiger partial charge in [-0.3, -0.25) is 4.90 Å². The summed E-state index contributed by atoms with van der Waals surface area (Å²) in [6.45, 7) is 5.10. The number of nitrogens with zero attached hydrogens (tertiary/aromatic N) is 4. The number of aromatic nitrogens is 3. The van der Waals surface area contributed by atoms with Crippen molar-refractivity contribution in [1.29, 1.82) is 0 Å². The van der Waals surface area contributed by atoms with Gasteiger partial charge in [-0.05, 0) is 13.0 Å². The van der Waals surface area contributed by atoms with E-state index in [4.69, 9.17) is 0 Å². The van der Waals surface area contributed by atoms with Gasteiger partial charge in [0.25, 0.3) is 0 Å². The first kappa shape index (κ1) is 11.3. The van der Waals surface area contributed by atoms with Gasteiger partial charge in [0.05, 0.1) is 6.54 Å². The Bertz CT molecular complexity index is 564. The van der Waals surface area contributed by atoms with Crippen molar-refractivity contribution < 1.29 is 4.39 Å². The number of benzene rings is 1. The van der Waals surface area contributed by atoms with Crippen molar-refractivity contribution in [3.63, 3.8) is 0 Å². The Morgan fingerprint density at radius 2 is 2.06 bits per heavy atom. The Kier molecular flexibility index (Phi) is 2.83. The van der Waals surface area contributed by atoms with Crippen LogP contribution in [0.15, 0.2) is 24.3 Å². The molecule has 0 fully saturated rings. The van der Waals surface area contributed by atoms with E-state index in [0.29, 0.717) is 6.54 Å². The predicted octanol–water partition coefficient (Wildman–Crippen LogP) is 1.74. The van der Waals surface area contributed by atoms with Gasteiger partial charge in [-0.1, -0.05) is 18.2 Å². The zero-order chi connectivity index (χ0) is 12.5. The van der Waals surface area contributed by atoms with Crippen molar-refractivity contribution in [1.82, 2.24) is 19.7 Å². The molecule has 2 aromatic rings. The summed E-state index contributed by atoms with van der Waals surface area (Å²) in [6, 6.07) is 6.93. The van der Waals surface area contributed by atoms with E-state index in [1.807, 2.05) is 19.1 Å². The van der Waals surface area contributed by atoms with Crippen LogP contribution in [-0.4, -0.2) is 26.2 Å². The van der Waals surface area contributed by atoms with Crippen molar-refractivity contribution in [3.05, 3.63) is 47.3 Å². The quantitative estimate of drug-likeness (QED) is 0.809. The predicted molar refractivity (Wildman–Crippen MR) is 65.3 cm³/mol. The molecule has 2 heterocycles. The second kappa shape index (κ2) is 4.49. The lowest BCUT2D eigenvalue weighted by Gasteiger charge is -2.27. The molecule has 3 rings (SSSR count). The largest absolute Gasteiger partial charge is 0.313 e. The van der Waals surface area contributed by atoms with Crippen LogP contribution >= 0.6 is 0 Å². The van der Waals surface area contributed by atoms with Crippen LogP contribution in [-0.2, 0) is 19.6 Å². The van der Waals surface area contributed by atoms with Crippen molar-refractivity contribution >= 4 is 0 Å². The zero-order valence-corrected chi connectivity index (χ0v) is 10.3. The summed E-state index contributed by atoms with van der Waals surface area (Å²) in [7, 11) is 0. The molecule has 18 heavy (non-hydrogen) atoms. The lowest BCUT2D eigenvalue weighted by atomic mass is 10.2. The van der Waals surface area contributed by atoms with E-state index in [1.165, 1.54) is 6.07 Å². The third-order valence-electron chi connectivity index (χ3n) is 3.37. The van der Waals surface area contributed by atoms with Crippen LogP contribution in [0, 0.1) is 12.7 Å². The van der Waals surface area contributed by atoms with Crippen LogP contribution in [0.4, 0.5) is 4.39 Å². The van der Waals surface area contributed by atoms with Gasteiger partial charge < -0.3 is 4.57 Å². The maximum Gasteiger partial charge on any atom is 0.147 e. The third-order valence-corrected chi connectivity index (χ3v) is 3.37. The molecule has 0 N–H and O–H groups in total. The molecule has 0 bridgehead atoms. The van der Waals surface area contributed by atoms with Gasteiger partial charge in [0, 0.05) is 25.2 Å². The summed E-state index contributed by atoms with van der Waals surface area (Å²) in [5, 5.41) is 8.22. The Balaban J connectivity index is 1.75. The van der Waals surface area contributed by atoms with Gasteiger partial charge >= 0.3 is 0 Å². The van der Waals surface area contributed by atoms with E-state index in [1.54, 1.807) is 6.07 Å². The number of rotatable bonds is 2. The fraction of sp³-hybridized carbons (Fsp3) is 0.385. The SMILES string of the molecule is Cc1nnc2n1CCN(Cc1ccccc1F)C2. The minimum atomic E-state index is -0.138. The number of hydrogen-bond donors (Lipinski definition) is 0. The lowest BCUT2D eigenvalue weighted by molar-refractivity contribution is 0.205. The van der Waals surface area contributed by atoms with E-state index in [9.17, 15) is 4.39 Å². The van der Waals surface area contributed by atoms with E-state index >= 15 is 0 Å². The van der Waals surface area contributed by atoms with E-state index in [-0.39, 0.29) is 5.82 Å². The molecule has 1 aromatic carbocycles. The normalized spacial score (nSPS) is 15.7. The Labute approximate surface area is 105 Å². The van der Waals surface area contributed by atoms with Gasteiger partial charge in [0.2, 0.25) is 0 Å². The Morgan fingerprint density at radius 3 is 2.89 bits per heavy atom. The molecule has 94 valence electrons. The molecule has 1 aliphatic rings. The van der Waals surface area contributed by atoms with Crippen LogP contribution in [0.3, 0.4) is 0 Å². The summed E-state index contributed by atoms with van der Waals surface area (Å²) in [4.78, 5) is 2.20. The van der Waals surface area contributed by atoms with Crippen LogP contribution in [0.5, 0.6) is 0 Å². The van der Waals surface area contributed by atoms with Gasteiger partial charge in [0.15, 0.2) is 0 Å². The Hall–Kier alpha value is -1.75. The summed E-state index contributed by atoms with van der Waals surface area (Å²) < 4.78 is 15.7. The van der Waals surface area contributed by atoms with Crippen LogP contribution in [0.1, 0.15) is 17.2 Å². The minimum Gasteiger partial charge on any atom is -0.313 e. The number of aryl methyl sites for hydroxylation is 1. The molecule has 0 aliphatic carbocycles. The molecule has 5 heteroatoms. The van der Waals surface area contributed by atoms with Gasteiger partial charge in [-0.15, -0.1) is 10.2 Å². The maximum atomic E-state index is 13.6. The average Bonchev–Trinajstić information content (AvgIpc) is 2.74. The minimum absolute atomic E-state index is 0.138. The van der Waals surface area contributed by atoms with Crippen molar-refractivity contribution in [2.24, 2.45) is 0 Å². The second-order valence-corrected chi connectivity index (χ2v) is 4.62. The summed E-state index contributed by atoms with van der Waals surface area (Å²) in [5.41, 5.74) is 0.738. The number of halogens is 1. The standard InChI is InChI=1S/C13H15FN4/c1-10-15-16-13-9-17(6-7-18(10)13)8-11-4-2-3-5-12(11)14/h2-5H,6-9H2,1H3. The highest BCUT2D eigenvalue weighted by Gasteiger charge is 2.20. The molecular weight excluding hydrogens is 231 g/mol. The van der Waals surface area contributed by atoms with E-state index in [0.717, 1.165) is 36.8 Å². The first-order valence-corrected chi connectivity index (χ1v) is 6.08. The Morgan fingerprint density at radius 1 is 1.22 bits per heavy atom. The summed E-state index contributed by atoms with van der Waals surface area (Å²) >= 11 is 0. The molecule has 0 amide bonds. The zero-order valence-electron chi connectivity index (χ0n) is 10.3. The molecule has 0 saturated carbocycles. The van der Waals surface area contributed by atoms with Crippen molar-refractivity contribution in [2.45, 2.75) is 26.6 Å². The second-order valence-electron chi connectivity index (χ2n) is 4.62. The van der Waals surface area contributed by atoms with Gasteiger partial charge in [0.1, 0.15) is 17.5 Å². The van der Waals surface area contributed by atoms with Crippen molar-refractivity contribution in [3.8, 4) is 0 Å². The van der Waals surface area contributed by atoms with Crippen LogP contribution < -0.4 is 0 Å². The number of hydrogen-bond acceptors (Lipinski definition) is 3. The molecule has 1 aliphatic heterocycles. The topological polar surface area (TPSA) is 34.0 Å². The molecular formula is C13H15FN4. The molecule has 0 saturated heterocycles. The fourth-order valence-corrected chi connectivity index (χ4v) is 2.36. The summed E-state index contributed by atoms with van der Waals surface area (Å²) in [5.74, 6) is 1.78. The van der Waals surface area contributed by atoms with Gasteiger partial charge in [-0.25, -0.2) is 4.39 Å². The van der Waals surface area contributed by atoms with Gasteiger partial charge in [-0.2, -0.15) is 0 Å². The molecule has 1 aromatic heterocycles. The van der Waals surface area contributed by atoms with Crippen LogP contribution in [0.2, 0.25) is 0 Å². The molecule has 0 atom stereocenters. The molecule has 4 nitrogen and oxygen atoms in total. The first-order valence-electron chi connectivity index (χ1n) is 6.08. The van der Waals surface area contributed by atoms with E-state index in [2.05, 4.69) is 19.7 Å². The molecule has 0 unspecified atom stereocenters. The van der Waals surface area contributed by atoms with E-state index < -0.39 is 0 Å². The van der Waals surface area contributed by atoms with Crippen LogP contribution in [0.25, 0.3) is 0 Å². The molecule has 0 radical (unpaired) electrons. The average molecular weight is 246 g/mol. The summed E-state index contributed by atoms with van der Waals surface area (Å²) in [6.07, 6.45) is 0. The van der Waals surface area contributed by atoms with Crippen molar-refractivity contribution in [2.75, 3.05) is 6.54 Å².